The van der Waals surface area contributed by atoms with Crippen molar-refractivity contribution < 1.29 is 14.0 Å². The van der Waals surface area contributed by atoms with Crippen molar-refractivity contribution in [2.24, 2.45) is 0 Å². The molecule has 0 aliphatic carbocycles. The predicted octanol–water partition coefficient (Wildman–Crippen LogP) is 4.73. The summed E-state index contributed by atoms with van der Waals surface area (Å²) in [5.74, 6) is 0.141. The molecule has 1 fully saturated rings. The van der Waals surface area contributed by atoms with Gasteiger partial charge >= 0.3 is 0 Å². The molecule has 0 saturated carbocycles. The summed E-state index contributed by atoms with van der Waals surface area (Å²) < 4.78 is 13.2. The van der Waals surface area contributed by atoms with Crippen molar-refractivity contribution in [3.63, 3.8) is 0 Å². The highest BCUT2D eigenvalue weighted by atomic mass is 19.1. The molecule has 0 spiro atoms. The fourth-order valence-electron chi connectivity index (χ4n) is 4.60. The normalized spacial score (nSPS) is 14.5. The quantitative estimate of drug-likeness (QED) is 0.421. The topological polar surface area (TPSA) is 56.8 Å². The molecule has 0 atom stereocenters. The van der Waals surface area contributed by atoms with Crippen molar-refractivity contribution in [2.45, 2.75) is 25.7 Å². The molecule has 2 amide bonds. The summed E-state index contributed by atoms with van der Waals surface area (Å²) in [6.07, 6.45) is 6.22. The Bertz CT molecular complexity index is 1100. The fraction of sp³-hybridized carbons (Fsp3) is 0.321. The Labute approximate surface area is 206 Å². The number of nitrogens with zero attached hydrogens (tertiary/aromatic N) is 4. The molecule has 0 N–H and O–H groups in total. The number of benzene rings is 2. The number of piperidine rings is 1. The van der Waals surface area contributed by atoms with E-state index < -0.39 is 0 Å². The summed E-state index contributed by atoms with van der Waals surface area (Å²) in [6.45, 7) is 5.64. The van der Waals surface area contributed by atoms with Gasteiger partial charge in [0.1, 0.15) is 5.82 Å². The lowest BCUT2D eigenvalue weighted by atomic mass is 9.89. The van der Waals surface area contributed by atoms with E-state index in [9.17, 15) is 14.0 Å². The lowest BCUT2D eigenvalue weighted by Crippen LogP contribution is -2.41. The van der Waals surface area contributed by atoms with Crippen LogP contribution in [0.5, 0.6) is 0 Å². The molecule has 2 heterocycles. The first-order chi connectivity index (χ1) is 17.1. The molecule has 7 heteroatoms. The first kappa shape index (κ1) is 24.5. The zero-order valence-corrected chi connectivity index (χ0v) is 20.0. The lowest BCUT2D eigenvalue weighted by molar-refractivity contribution is -0.107. The number of hydrogen-bond acceptors (Lipinski definition) is 4. The summed E-state index contributed by atoms with van der Waals surface area (Å²) in [7, 11) is 0. The Morgan fingerprint density at radius 1 is 1.06 bits per heavy atom. The van der Waals surface area contributed by atoms with E-state index in [4.69, 9.17) is 0 Å². The largest absolute Gasteiger partial charge is 0.315 e. The van der Waals surface area contributed by atoms with Gasteiger partial charge in [0, 0.05) is 37.1 Å². The van der Waals surface area contributed by atoms with E-state index in [-0.39, 0.29) is 11.7 Å². The molecule has 1 saturated heterocycles. The van der Waals surface area contributed by atoms with Crippen LogP contribution in [0.3, 0.4) is 0 Å². The number of carbonyl (C=O) groups is 2. The van der Waals surface area contributed by atoms with Gasteiger partial charge in [-0.25, -0.2) is 4.39 Å². The van der Waals surface area contributed by atoms with Gasteiger partial charge in [0.2, 0.25) is 6.41 Å². The van der Waals surface area contributed by atoms with Crippen LogP contribution in [-0.4, -0.2) is 54.9 Å². The second-order valence-corrected chi connectivity index (χ2v) is 8.77. The standard InChI is InChI=1S/C28H31FN4O2/c1-2-32(21-34)26-11-7-24(8-12-26)28(35)33(27-4-3-15-30-20-27)19-18-31-16-13-23(14-17-31)22-5-9-25(29)10-6-22/h3-12,15,20-21,23H,2,13-14,16-19H2,1H3. The minimum absolute atomic E-state index is 0.0973. The van der Waals surface area contributed by atoms with E-state index >= 15 is 0 Å². The molecule has 2 aromatic carbocycles. The third-order valence-electron chi connectivity index (χ3n) is 6.69. The number of carbonyl (C=O) groups excluding carboxylic acids is 2. The molecule has 4 rings (SSSR count). The van der Waals surface area contributed by atoms with Crippen molar-refractivity contribution in [1.82, 2.24) is 9.88 Å². The van der Waals surface area contributed by atoms with E-state index in [0.29, 0.717) is 24.6 Å². The van der Waals surface area contributed by atoms with Gasteiger partial charge in [0.05, 0.1) is 11.9 Å². The highest BCUT2D eigenvalue weighted by Gasteiger charge is 2.23. The van der Waals surface area contributed by atoms with Gasteiger partial charge in [-0.05, 0) is 92.9 Å². The van der Waals surface area contributed by atoms with Gasteiger partial charge in [-0.15, -0.1) is 0 Å². The Hall–Kier alpha value is -3.58. The number of aromatic nitrogens is 1. The van der Waals surface area contributed by atoms with E-state index in [1.165, 1.54) is 17.7 Å². The number of amides is 2. The molecule has 0 unspecified atom stereocenters. The van der Waals surface area contributed by atoms with E-state index in [1.807, 2.05) is 31.2 Å². The van der Waals surface area contributed by atoms with Crippen LogP contribution >= 0.6 is 0 Å². The van der Waals surface area contributed by atoms with Crippen LogP contribution in [-0.2, 0) is 4.79 Å². The van der Waals surface area contributed by atoms with Crippen molar-refractivity contribution in [3.05, 3.63) is 90.0 Å². The first-order valence-corrected chi connectivity index (χ1v) is 12.1. The van der Waals surface area contributed by atoms with E-state index in [2.05, 4.69) is 9.88 Å². The van der Waals surface area contributed by atoms with Gasteiger partial charge in [-0.2, -0.15) is 0 Å². The summed E-state index contributed by atoms with van der Waals surface area (Å²) in [5.41, 5.74) is 3.27. The van der Waals surface area contributed by atoms with Crippen LogP contribution in [0.15, 0.2) is 73.1 Å². The maximum Gasteiger partial charge on any atom is 0.258 e. The Morgan fingerprint density at radius 2 is 1.77 bits per heavy atom. The monoisotopic (exact) mass is 474 g/mol. The highest BCUT2D eigenvalue weighted by molar-refractivity contribution is 6.06. The fourth-order valence-corrected chi connectivity index (χ4v) is 4.60. The van der Waals surface area contributed by atoms with Crippen molar-refractivity contribution in [2.75, 3.05) is 42.5 Å². The maximum absolute atomic E-state index is 13.5. The van der Waals surface area contributed by atoms with Crippen LogP contribution in [0.1, 0.15) is 41.6 Å². The highest BCUT2D eigenvalue weighted by Crippen LogP contribution is 2.28. The SMILES string of the molecule is CCN(C=O)c1ccc(C(=O)N(CCN2CCC(c3ccc(F)cc3)CC2)c2cccnc2)cc1. The van der Waals surface area contributed by atoms with Crippen molar-refractivity contribution >= 4 is 23.7 Å². The summed E-state index contributed by atoms with van der Waals surface area (Å²) in [4.78, 5) is 34.6. The van der Waals surface area contributed by atoms with Crippen LogP contribution in [0.2, 0.25) is 0 Å². The van der Waals surface area contributed by atoms with Gasteiger partial charge < -0.3 is 14.7 Å². The maximum atomic E-state index is 13.5. The molecule has 1 aromatic heterocycles. The molecular weight excluding hydrogens is 443 g/mol. The zero-order chi connectivity index (χ0) is 24.6. The third kappa shape index (κ3) is 6.11. The van der Waals surface area contributed by atoms with E-state index in [0.717, 1.165) is 50.3 Å². The van der Waals surface area contributed by atoms with Crippen LogP contribution in [0, 0.1) is 5.82 Å². The van der Waals surface area contributed by atoms with Crippen LogP contribution in [0.25, 0.3) is 0 Å². The molecule has 0 radical (unpaired) electrons. The Balaban J connectivity index is 1.41. The van der Waals surface area contributed by atoms with Gasteiger partial charge in [-0.1, -0.05) is 12.1 Å². The third-order valence-corrected chi connectivity index (χ3v) is 6.69. The number of hydrogen-bond donors (Lipinski definition) is 0. The van der Waals surface area contributed by atoms with Crippen molar-refractivity contribution in [3.8, 4) is 0 Å². The molecule has 182 valence electrons. The molecule has 6 nitrogen and oxygen atoms in total. The molecule has 3 aromatic rings. The van der Waals surface area contributed by atoms with Gasteiger partial charge in [-0.3, -0.25) is 14.6 Å². The molecular formula is C28H31FN4O2. The first-order valence-electron chi connectivity index (χ1n) is 12.1. The Kier molecular flexibility index (Phi) is 8.21. The number of rotatable bonds is 9. The van der Waals surface area contributed by atoms with Crippen molar-refractivity contribution in [1.29, 1.82) is 0 Å². The minimum Gasteiger partial charge on any atom is -0.315 e. The smallest absolute Gasteiger partial charge is 0.258 e. The number of pyridine rings is 1. The van der Waals surface area contributed by atoms with Gasteiger partial charge in [0.15, 0.2) is 0 Å². The zero-order valence-electron chi connectivity index (χ0n) is 20.0. The summed E-state index contributed by atoms with van der Waals surface area (Å²) in [5, 5.41) is 0. The second kappa shape index (κ2) is 11.7. The molecule has 0 bridgehead atoms. The van der Waals surface area contributed by atoms with Crippen LogP contribution in [0.4, 0.5) is 15.8 Å². The predicted molar refractivity (Wildman–Crippen MR) is 136 cm³/mol. The second-order valence-electron chi connectivity index (χ2n) is 8.77. The number of anilines is 2. The Morgan fingerprint density at radius 3 is 2.37 bits per heavy atom. The minimum atomic E-state index is -0.201. The van der Waals surface area contributed by atoms with E-state index in [1.54, 1.807) is 46.5 Å². The lowest BCUT2D eigenvalue weighted by Gasteiger charge is -2.34. The average molecular weight is 475 g/mol. The van der Waals surface area contributed by atoms with Crippen LogP contribution < -0.4 is 9.80 Å². The number of halogens is 1. The number of likely N-dealkylation sites (tertiary alicyclic amines) is 1. The summed E-state index contributed by atoms with van der Waals surface area (Å²) in [6, 6.07) is 17.7. The van der Waals surface area contributed by atoms with Gasteiger partial charge in [0.25, 0.3) is 5.91 Å². The average Bonchev–Trinajstić information content (AvgIpc) is 2.91. The molecule has 1 aliphatic rings. The molecule has 35 heavy (non-hydrogen) atoms. The summed E-state index contributed by atoms with van der Waals surface area (Å²) >= 11 is 0. The molecule has 1 aliphatic heterocycles.